The molecule has 0 bridgehead atoms. The van der Waals surface area contributed by atoms with Crippen LogP contribution < -0.4 is 5.32 Å². The molecule has 1 aliphatic heterocycles. The van der Waals surface area contributed by atoms with Crippen LogP contribution in [0.15, 0.2) is 16.7 Å². The maximum Gasteiger partial charge on any atom is 0.118 e. The van der Waals surface area contributed by atoms with Gasteiger partial charge >= 0.3 is 0 Å². The molecule has 1 atom stereocenters. The van der Waals surface area contributed by atoms with Crippen molar-refractivity contribution in [3.63, 3.8) is 0 Å². The van der Waals surface area contributed by atoms with Crippen molar-refractivity contribution in [1.29, 1.82) is 0 Å². The maximum absolute atomic E-state index is 5.70. The Labute approximate surface area is 116 Å². The van der Waals surface area contributed by atoms with Crippen molar-refractivity contribution in [3.05, 3.63) is 23.7 Å². The third-order valence-electron chi connectivity index (χ3n) is 3.60. The Balaban J connectivity index is 1.81. The summed E-state index contributed by atoms with van der Waals surface area (Å²) in [7, 11) is 0. The summed E-state index contributed by atoms with van der Waals surface area (Å²) in [5.41, 5.74) is 1.23. The minimum Gasteiger partial charge on any atom is -0.468 e. The van der Waals surface area contributed by atoms with E-state index in [1.165, 1.54) is 18.4 Å². The van der Waals surface area contributed by atoms with Gasteiger partial charge < -0.3 is 14.5 Å². The van der Waals surface area contributed by atoms with Crippen LogP contribution in [0.25, 0.3) is 0 Å². The van der Waals surface area contributed by atoms with Crippen LogP contribution in [-0.4, -0.2) is 37.2 Å². The molecule has 0 aliphatic carbocycles. The number of likely N-dealkylation sites (N-methyl/N-ethyl adjacent to an activating group) is 1. The SMILES string of the molecule is CCNCc1coc(CN(CC)CC2CCCO2)c1. The number of ether oxygens (including phenoxy) is 1. The highest BCUT2D eigenvalue weighted by Gasteiger charge is 2.19. The Morgan fingerprint density at radius 3 is 3.00 bits per heavy atom. The van der Waals surface area contributed by atoms with Crippen LogP contribution in [-0.2, 0) is 17.8 Å². The molecular formula is C15H26N2O2. The largest absolute Gasteiger partial charge is 0.468 e. The molecular weight excluding hydrogens is 240 g/mol. The fourth-order valence-corrected chi connectivity index (χ4v) is 2.47. The third kappa shape index (κ3) is 4.64. The Morgan fingerprint density at radius 2 is 2.32 bits per heavy atom. The Bertz CT molecular complexity index is 359. The highest BCUT2D eigenvalue weighted by atomic mass is 16.5. The zero-order valence-electron chi connectivity index (χ0n) is 12.2. The minimum absolute atomic E-state index is 0.413. The molecule has 4 nitrogen and oxygen atoms in total. The predicted octanol–water partition coefficient (Wildman–Crippen LogP) is 2.39. The molecule has 1 aromatic heterocycles. The van der Waals surface area contributed by atoms with Gasteiger partial charge in [0, 0.05) is 25.3 Å². The first-order chi connectivity index (χ1) is 9.31. The second-order valence-corrected chi connectivity index (χ2v) is 5.16. The number of nitrogens with zero attached hydrogens (tertiary/aromatic N) is 1. The van der Waals surface area contributed by atoms with Crippen LogP contribution >= 0.6 is 0 Å². The van der Waals surface area contributed by atoms with E-state index in [0.717, 1.165) is 45.1 Å². The van der Waals surface area contributed by atoms with Crippen molar-refractivity contribution in [2.24, 2.45) is 0 Å². The van der Waals surface area contributed by atoms with E-state index < -0.39 is 0 Å². The molecule has 108 valence electrons. The monoisotopic (exact) mass is 266 g/mol. The quantitative estimate of drug-likeness (QED) is 0.784. The van der Waals surface area contributed by atoms with Crippen LogP contribution in [0.5, 0.6) is 0 Å². The first-order valence-corrected chi connectivity index (χ1v) is 7.42. The third-order valence-corrected chi connectivity index (χ3v) is 3.60. The summed E-state index contributed by atoms with van der Waals surface area (Å²) < 4.78 is 11.3. The number of rotatable bonds is 8. The molecule has 1 unspecified atom stereocenters. The molecule has 1 aliphatic rings. The molecule has 4 heteroatoms. The average Bonchev–Trinajstić information content (AvgIpc) is 3.07. The summed E-state index contributed by atoms with van der Waals surface area (Å²) in [6.07, 6.45) is 4.67. The minimum atomic E-state index is 0.413. The van der Waals surface area contributed by atoms with Gasteiger partial charge in [-0.2, -0.15) is 0 Å². The number of hydrogen-bond donors (Lipinski definition) is 1. The lowest BCUT2D eigenvalue weighted by Gasteiger charge is -2.22. The molecule has 0 aromatic carbocycles. The van der Waals surface area contributed by atoms with Crippen molar-refractivity contribution in [3.8, 4) is 0 Å². The lowest BCUT2D eigenvalue weighted by molar-refractivity contribution is 0.0703. The fraction of sp³-hybridized carbons (Fsp3) is 0.733. The van der Waals surface area contributed by atoms with Crippen LogP contribution in [0, 0.1) is 0 Å². The normalized spacial score (nSPS) is 19.4. The zero-order chi connectivity index (χ0) is 13.5. The van der Waals surface area contributed by atoms with E-state index in [1.54, 1.807) is 0 Å². The van der Waals surface area contributed by atoms with E-state index in [2.05, 4.69) is 30.1 Å². The summed E-state index contributed by atoms with van der Waals surface area (Å²) in [5.74, 6) is 1.05. The molecule has 1 fully saturated rings. The summed E-state index contributed by atoms with van der Waals surface area (Å²) >= 11 is 0. The van der Waals surface area contributed by atoms with Gasteiger partial charge in [0.25, 0.3) is 0 Å². The van der Waals surface area contributed by atoms with Crippen LogP contribution in [0.3, 0.4) is 0 Å². The van der Waals surface area contributed by atoms with Gasteiger partial charge in [-0.15, -0.1) is 0 Å². The van der Waals surface area contributed by atoms with E-state index in [9.17, 15) is 0 Å². The molecule has 1 saturated heterocycles. The Morgan fingerprint density at radius 1 is 1.42 bits per heavy atom. The van der Waals surface area contributed by atoms with Gasteiger partial charge in [0.2, 0.25) is 0 Å². The molecule has 0 saturated carbocycles. The average molecular weight is 266 g/mol. The summed E-state index contributed by atoms with van der Waals surface area (Å²) in [6, 6.07) is 2.15. The Kier molecular flexibility index (Phi) is 5.89. The first kappa shape index (κ1) is 14.6. The number of nitrogens with one attached hydrogen (secondary N) is 1. The Hall–Kier alpha value is -0.840. The molecule has 1 N–H and O–H groups in total. The van der Waals surface area contributed by atoms with Crippen molar-refractivity contribution in [1.82, 2.24) is 10.2 Å². The van der Waals surface area contributed by atoms with Crippen molar-refractivity contribution < 1.29 is 9.15 Å². The smallest absolute Gasteiger partial charge is 0.118 e. The highest BCUT2D eigenvalue weighted by Crippen LogP contribution is 2.16. The summed E-state index contributed by atoms with van der Waals surface area (Å²) in [5, 5.41) is 3.31. The molecule has 2 heterocycles. The number of hydrogen-bond acceptors (Lipinski definition) is 4. The predicted molar refractivity (Wildman–Crippen MR) is 76.0 cm³/mol. The summed E-state index contributed by atoms with van der Waals surface area (Å²) in [4.78, 5) is 2.39. The van der Waals surface area contributed by atoms with Gasteiger partial charge in [-0.1, -0.05) is 13.8 Å². The number of furan rings is 1. The lowest BCUT2D eigenvalue weighted by Crippen LogP contribution is -2.31. The van der Waals surface area contributed by atoms with E-state index in [-0.39, 0.29) is 0 Å². The van der Waals surface area contributed by atoms with Gasteiger partial charge in [-0.25, -0.2) is 0 Å². The molecule has 0 spiro atoms. The van der Waals surface area contributed by atoms with E-state index >= 15 is 0 Å². The van der Waals surface area contributed by atoms with Gasteiger partial charge in [0.1, 0.15) is 5.76 Å². The molecule has 0 radical (unpaired) electrons. The van der Waals surface area contributed by atoms with Gasteiger partial charge in [-0.05, 0) is 32.0 Å². The fourth-order valence-electron chi connectivity index (χ4n) is 2.47. The highest BCUT2D eigenvalue weighted by molar-refractivity contribution is 5.12. The van der Waals surface area contributed by atoms with Crippen LogP contribution in [0.4, 0.5) is 0 Å². The maximum atomic E-state index is 5.70. The van der Waals surface area contributed by atoms with Crippen molar-refractivity contribution in [2.45, 2.75) is 45.9 Å². The topological polar surface area (TPSA) is 37.6 Å². The van der Waals surface area contributed by atoms with E-state index in [0.29, 0.717) is 6.10 Å². The van der Waals surface area contributed by atoms with Crippen molar-refractivity contribution in [2.75, 3.05) is 26.2 Å². The van der Waals surface area contributed by atoms with Gasteiger partial charge in [0.05, 0.1) is 18.9 Å². The van der Waals surface area contributed by atoms with E-state index in [4.69, 9.17) is 9.15 Å². The molecule has 0 amide bonds. The second kappa shape index (κ2) is 7.68. The molecule has 2 rings (SSSR count). The first-order valence-electron chi connectivity index (χ1n) is 7.42. The van der Waals surface area contributed by atoms with Crippen molar-refractivity contribution >= 4 is 0 Å². The zero-order valence-corrected chi connectivity index (χ0v) is 12.2. The second-order valence-electron chi connectivity index (χ2n) is 5.16. The molecule has 19 heavy (non-hydrogen) atoms. The summed E-state index contributed by atoms with van der Waals surface area (Å²) in [6.45, 7) is 10.0. The van der Waals surface area contributed by atoms with E-state index in [1.807, 2.05) is 6.26 Å². The van der Waals surface area contributed by atoms with Crippen LogP contribution in [0.1, 0.15) is 38.0 Å². The molecule has 1 aromatic rings. The lowest BCUT2D eigenvalue weighted by atomic mass is 10.2. The standard InChI is InChI=1S/C15H26N2O2/c1-3-16-9-13-8-15(19-12-13)11-17(4-2)10-14-6-5-7-18-14/h8,12,14,16H,3-7,9-11H2,1-2H3. The van der Waals surface area contributed by atoms with Gasteiger partial charge in [-0.3, -0.25) is 4.90 Å². The van der Waals surface area contributed by atoms with Crippen LogP contribution in [0.2, 0.25) is 0 Å². The van der Waals surface area contributed by atoms with Gasteiger partial charge in [0.15, 0.2) is 0 Å².